The van der Waals surface area contributed by atoms with E-state index in [0.29, 0.717) is 12.6 Å². The minimum Gasteiger partial charge on any atom is -0.508 e. The molecule has 1 aromatic carbocycles. The standard InChI is InChI=1S/C14H20N2O2/c1-2-13(10-3-7-12(17)8-4-10)15-9-14(18)16-11-5-6-11/h3-4,7-8,11,13,15,17H,2,5-6,9H2,1H3,(H,16,18). The van der Waals surface area contributed by atoms with Crippen LogP contribution < -0.4 is 10.6 Å². The third kappa shape index (κ3) is 3.74. The zero-order valence-corrected chi connectivity index (χ0v) is 10.6. The van der Waals surface area contributed by atoms with Crippen LogP contribution in [-0.4, -0.2) is 23.6 Å². The van der Waals surface area contributed by atoms with E-state index in [1.165, 1.54) is 0 Å². The van der Waals surface area contributed by atoms with Crippen LogP contribution in [0.1, 0.15) is 37.8 Å². The quantitative estimate of drug-likeness (QED) is 0.718. The van der Waals surface area contributed by atoms with Crippen LogP contribution in [0, 0.1) is 0 Å². The highest BCUT2D eigenvalue weighted by Crippen LogP contribution is 2.20. The molecule has 0 saturated heterocycles. The van der Waals surface area contributed by atoms with Gasteiger partial charge >= 0.3 is 0 Å². The SMILES string of the molecule is CCC(NCC(=O)NC1CC1)c1ccc(O)cc1. The van der Waals surface area contributed by atoms with E-state index in [1.54, 1.807) is 12.1 Å². The number of carbonyl (C=O) groups is 1. The third-order valence-electron chi connectivity index (χ3n) is 3.16. The van der Waals surface area contributed by atoms with Crippen molar-refractivity contribution in [2.45, 2.75) is 38.3 Å². The highest BCUT2D eigenvalue weighted by molar-refractivity contribution is 5.78. The van der Waals surface area contributed by atoms with Crippen molar-refractivity contribution < 1.29 is 9.90 Å². The Hall–Kier alpha value is -1.55. The lowest BCUT2D eigenvalue weighted by molar-refractivity contribution is -0.120. The molecule has 1 saturated carbocycles. The summed E-state index contributed by atoms with van der Waals surface area (Å²) >= 11 is 0. The minimum absolute atomic E-state index is 0.0646. The van der Waals surface area contributed by atoms with Crippen LogP contribution in [0.25, 0.3) is 0 Å². The summed E-state index contributed by atoms with van der Waals surface area (Å²) in [6.45, 7) is 2.42. The Kier molecular flexibility index (Phi) is 4.20. The monoisotopic (exact) mass is 248 g/mol. The Bertz CT molecular complexity index is 399. The van der Waals surface area contributed by atoms with Gasteiger partial charge in [-0.05, 0) is 37.0 Å². The van der Waals surface area contributed by atoms with Gasteiger partial charge in [0.05, 0.1) is 6.54 Å². The van der Waals surface area contributed by atoms with Crippen LogP contribution in [0.4, 0.5) is 0 Å². The molecule has 1 atom stereocenters. The van der Waals surface area contributed by atoms with E-state index >= 15 is 0 Å². The average molecular weight is 248 g/mol. The molecule has 3 N–H and O–H groups in total. The van der Waals surface area contributed by atoms with E-state index in [-0.39, 0.29) is 17.7 Å². The number of hydrogen-bond donors (Lipinski definition) is 3. The minimum atomic E-state index is 0.0646. The van der Waals surface area contributed by atoms with Crippen LogP contribution in [-0.2, 0) is 4.79 Å². The van der Waals surface area contributed by atoms with E-state index < -0.39 is 0 Å². The molecule has 18 heavy (non-hydrogen) atoms. The molecule has 0 spiro atoms. The van der Waals surface area contributed by atoms with E-state index in [0.717, 1.165) is 24.8 Å². The molecule has 1 unspecified atom stereocenters. The molecule has 98 valence electrons. The van der Waals surface area contributed by atoms with Crippen LogP contribution in [0.3, 0.4) is 0 Å². The zero-order valence-electron chi connectivity index (χ0n) is 10.6. The van der Waals surface area contributed by atoms with Gasteiger partial charge in [0, 0.05) is 12.1 Å². The normalized spacial score (nSPS) is 16.3. The van der Waals surface area contributed by atoms with Crippen molar-refractivity contribution in [1.82, 2.24) is 10.6 Å². The molecule has 0 radical (unpaired) electrons. The van der Waals surface area contributed by atoms with E-state index in [9.17, 15) is 9.90 Å². The number of phenolic OH excluding ortho intramolecular Hbond substituents is 1. The number of amides is 1. The first-order valence-corrected chi connectivity index (χ1v) is 6.50. The summed E-state index contributed by atoms with van der Waals surface area (Å²) in [5.41, 5.74) is 1.09. The summed E-state index contributed by atoms with van der Waals surface area (Å²) in [5.74, 6) is 0.329. The molecule has 1 amide bonds. The molecule has 1 aromatic rings. The highest BCUT2D eigenvalue weighted by Gasteiger charge is 2.23. The highest BCUT2D eigenvalue weighted by atomic mass is 16.3. The molecular weight excluding hydrogens is 228 g/mol. The maximum atomic E-state index is 11.6. The molecule has 0 bridgehead atoms. The summed E-state index contributed by atoms with van der Waals surface area (Å²) < 4.78 is 0. The number of hydrogen-bond acceptors (Lipinski definition) is 3. The van der Waals surface area contributed by atoms with Crippen molar-refractivity contribution in [3.8, 4) is 5.75 Å². The van der Waals surface area contributed by atoms with Gasteiger partial charge in [0.25, 0.3) is 0 Å². The molecule has 4 nitrogen and oxygen atoms in total. The van der Waals surface area contributed by atoms with Crippen molar-refractivity contribution in [2.24, 2.45) is 0 Å². The van der Waals surface area contributed by atoms with Crippen LogP contribution in [0.5, 0.6) is 5.75 Å². The fourth-order valence-electron chi connectivity index (χ4n) is 1.93. The van der Waals surface area contributed by atoms with Gasteiger partial charge in [-0.3, -0.25) is 4.79 Å². The van der Waals surface area contributed by atoms with Gasteiger partial charge in [0.15, 0.2) is 0 Å². The Morgan fingerprint density at radius 1 is 1.39 bits per heavy atom. The molecular formula is C14H20N2O2. The smallest absolute Gasteiger partial charge is 0.234 e. The summed E-state index contributed by atoms with van der Waals surface area (Å²) in [4.78, 5) is 11.6. The average Bonchev–Trinajstić information content (AvgIpc) is 3.16. The maximum Gasteiger partial charge on any atom is 0.234 e. The van der Waals surface area contributed by atoms with Crippen molar-refractivity contribution in [3.05, 3.63) is 29.8 Å². The maximum absolute atomic E-state index is 11.6. The second kappa shape index (κ2) is 5.87. The van der Waals surface area contributed by atoms with Crippen molar-refractivity contribution in [1.29, 1.82) is 0 Å². The number of nitrogens with one attached hydrogen (secondary N) is 2. The van der Waals surface area contributed by atoms with Gasteiger partial charge in [-0.15, -0.1) is 0 Å². The molecule has 1 aliphatic rings. The Morgan fingerprint density at radius 3 is 2.61 bits per heavy atom. The predicted molar refractivity (Wildman–Crippen MR) is 70.3 cm³/mol. The van der Waals surface area contributed by atoms with Crippen LogP contribution in [0.15, 0.2) is 24.3 Å². The van der Waals surface area contributed by atoms with Gasteiger partial charge in [-0.2, -0.15) is 0 Å². The van der Waals surface area contributed by atoms with Gasteiger partial charge in [0.2, 0.25) is 5.91 Å². The Balaban J connectivity index is 1.84. The Labute approximate surface area is 107 Å². The largest absolute Gasteiger partial charge is 0.508 e. The number of phenols is 1. The fourth-order valence-corrected chi connectivity index (χ4v) is 1.93. The third-order valence-corrected chi connectivity index (χ3v) is 3.16. The van der Waals surface area contributed by atoms with Crippen molar-refractivity contribution in [3.63, 3.8) is 0 Å². The molecule has 0 aromatic heterocycles. The van der Waals surface area contributed by atoms with Gasteiger partial charge in [-0.25, -0.2) is 0 Å². The topological polar surface area (TPSA) is 61.4 Å². The molecule has 0 aliphatic heterocycles. The molecule has 2 rings (SSSR count). The first-order valence-electron chi connectivity index (χ1n) is 6.50. The molecule has 1 aliphatic carbocycles. The van der Waals surface area contributed by atoms with E-state index in [4.69, 9.17) is 0 Å². The zero-order chi connectivity index (χ0) is 13.0. The number of aromatic hydroxyl groups is 1. The summed E-state index contributed by atoms with van der Waals surface area (Å²) in [6, 6.07) is 7.67. The first-order chi connectivity index (χ1) is 8.69. The summed E-state index contributed by atoms with van der Waals surface area (Å²) in [7, 11) is 0. The second-order valence-electron chi connectivity index (χ2n) is 4.78. The van der Waals surface area contributed by atoms with Gasteiger partial charge in [0.1, 0.15) is 5.75 Å². The Morgan fingerprint density at radius 2 is 2.06 bits per heavy atom. The van der Waals surface area contributed by atoms with Crippen molar-refractivity contribution >= 4 is 5.91 Å². The number of rotatable bonds is 6. The number of carbonyl (C=O) groups excluding carboxylic acids is 1. The van der Waals surface area contributed by atoms with Gasteiger partial charge in [-0.1, -0.05) is 19.1 Å². The van der Waals surface area contributed by atoms with Gasteiger partial charge < -0.3 is 15.7 Å². The van der Waals surface area contributed by atoms with Crippen LogP contribution in [0.2, 0.25) is 0 Å². The summed E-state index contributed by atoms with van der Waals surface area (Å²) in [6.07, 6.45) is 3.13. The second-order valence-corrected chi connectivity index (χ2v) is 4.78. The lowest BCUT2D eigenvalue weighted by atomic mass is 10.0. The molecule has 1 fully saturated rings. The molecule has 0 heterocycles. The predicted octanol–water partition coefficient (Wildman–Crippen LogP) is 1.71. The fraction of sp³-hybridized carbons (Fsp3) is 0.500. The van der Waals surface area contributed by atoms with E-state index in [2.05, 4.69) is 17.6 Å². The van der Waals surface area contributed by atoms with E-state index in [1.807, 2.05) is 12.1 Å². The number of benzene rings is 1. The molecule has 4 heteroatoms. The lowest BCUT2D eigenvalue weighted by Gasteiger charge is -2.17. The first kappa shape index (κ1) is 12.9. The lowest BCUT2D eigenvalue weighted by Crippen LogP contribution is -2.36. The van der Waals surface area contributed by atoms with Crippen LogP contribution >= 0.6 is 0 Å². The summed E-state index contributed by atoms with van der Waals surface area (Å²) in [5, 5.41) is 15.4. The van der Waals surface area contributed by atoms with Crippen molar-refractivity contribution in [2.75, 3.05) is 6.54 Å².